The molecule has 18 heteroatoms. The van der Waals surface area contributed by atoms with Crippen LogP contribution in [0.2, 0.25) is 0 Å². The summed E-state index contributed by atoms with van der Waals surface area (Å²) >= 11 is 0. The fourth-order valence-electron chi connectivity index (χ4n) is 5.04. The fraction of sp³-hybridized carbons (Fsp3) is 0.857. The second kappa shape index (κ2) is 36.1. The highest BCUT2D eigenvalue weighted by atomic mass is 32.2. The van der Waals surface area contributed by atoms with Crippen LogP contribution in [0.3, 0.4) is 0 Å². The molecule has 0 fully saturated rings. The van der Waals surface area contributed by atoms with E-state index in [2.05, 4.69) is 26.0 Å². The number of hydrogen-bond acceptors (Lipinski definition) is 13. The molecule has 0 aliphatic rings. The van der Waals surface area contributed by atoms with Gasteiger partial charge in [-0.05, 0) is 26.2 Å². The molecule has 3 amide bonds. The minimum atomic E-state index is -3.79. The number of hydrazine groups is 1. The summed E-state index contributed by atoms with van der Waals surface area (Å²) in [5.74, 6) is 4.17. The van der Waals surface area contributed by atoms with Crippen LogP contribution in [-0.2, 0) is 48.1 Å². The van der Waals surface area contributed by atoms with E-state index in [4.69, 9.17) is 30.5 Å². The van der Waals surface area contributed by atoms with Crippen LogP contribution in [-0.4, -0.2) is 109 Å². The summed E-state index contributed by atoms with van der Waals surface area (Å²) < 4.78 is 47.5. The number of nitrogens with two attached hydrogens (primary N) is 2. The van der Waals surface area contributed by atoms with Crippen molar-refractivity contribution in [3.8, 4) is 0 Å². The number of carbonyl (C=O) groups excluding carboxylic acids is 4. The van der Waals surface area contributed by atoms with E-state index in [1.54, 1.807) is 0 Å². The molecule has 0 bridgehead atoms. The number of amidine groups is 1. The number of ether oxygens (including phenoxy) is 4. The number of amides is 3. The van der Waals surface area contributed by atoms with Crippen LogP contribution in [0.5, 0.6) is 0 Å². The lowest BCUT2D eigenvalue weighted by molar-refractivity contribution is -0.127. The van der Waals surface area contributed by atoms with Crippen molar-refractivity contribution < 1.29 is 46.5 Å². The number of hydrazone groups is 1. The van der Waals surface area contributed by atoms with Crippen molar-refractivity contribution in [3.05, 3.63) is 0 Å². The van der Waals surface area contributed by atoms with E-state index in [-0.39, 0.29) is 82.2 Å². The summed E-state index contributed by atoms with van der Waals surface area (Å²) in [5, 5.41) is 9.04. The largest absolute Gasteiger partial charge is 0.386 e. The number of rotatable bonds is 39. The van der Waals surface area contributed by atoms with Gasteiger partial charge in [0.1, 0.15) is 19.0 Å². The Labute approximate surface area is 317 Å². The number of carbonyl (C=O) groups is 4. The summed E-state index contributed by atoms with van der Waals surface area (Å²) in [4.78, 5) is 46.6. The standard InChI is InChI=1S/C35H69N7O10S/c1-31(43)29-51-26-24-50-23-21-39-35(46)30-52-27-25-49-22-20-38-33(44)19-16-28-53(47,48)41-34(45)18-15-13-11-9-7-5-3-2-4-6-8-10-12-14-17-32(36)40-42-37/h42H,2-30,37H2,1H3,(H2,36,40)(H,38,44)(H,39,46)(H,41,45). The molecule has 0 saturated heterocycles. The number of ketones is 1. The van der Waals surface area contributed by atoms with Crippen LogP contribution in [0, 0.1) is 0 Å². The highest BCUT2D eigenvalue weighted by Gasteiger charge is 2.15. The SMILES string of the molecule is CC(=O)COCCOCCNC(=O)COCCOCCNC(=O)CCCS(=O)(=O)NC(=O)CCCCCCCCCCCCCCCC/C(N)=N/NN. The van der Waals surface area contributed by atoms with E-state index in [1.807, 2.05) is 0 Å². The van der Waals surface area contributed by atoms with Gasteiger partial charge in [-0.25, -0.2) is 19.8 Å². The van der Waals surface area contributed by atoms with Crippen LogP contribution in [0.1, 0.15) is 122 Å². The van der Waals surface area contributed by atoms with Crippen LogP contribution < -0.4 is 32.5 Å². The Morgan fingerprint density at radius 2 is 0.981 bits per heavy atom. The van der Waals surface area contributed by atoms with Gasteiger partial charge >= 0.3 is 0 Å². The van der Waals surface area contributed by atoms with Gasteiger partial charge in [0.15, 0.2) is 5.78 Å². The topological polar surface area (TPSA) is 252 Å². The highest BCUT2D eigenvalue weighted by Crippen LogP contribution is 2.14. The maximum absolute atomic E-state index is 12.2. The first kappa shape index (κ1) is 50.1. The number of nitrogens with one attached hydrogen (secondary N) is 4. The van der Waals surface area contributed by atoms with Crippen LogP contribution >= 0.6 is 0 Å². The fourth-order valence-corrected chi connectivity index (χ4v) is 6.11. The Bertz CT molecular complexity index is 1100. The molecule has 0 aromatic carbocycles. The van der Waals surface area contributed by atoms with Gasteiger partial charge in [-0.1, -0.05) is 77.0 Å². The molecule has 0 atom stereocenters. The average Bonchev–Trinajstić information content (AvgIpc) is 3.10. The minimum absolute atomic E-state index is 0.00729. The summed E-state index contributed by atoms with van der Waals surface area (Å²) in [5.41, 5.74) is 7.89. The number of hydrogen-bond donors (Lipinski definition) is 6. The first-order valence-corrected chi connectivity index (χ1v) is 20.9. The Hall–Kier alpha value is -2.90. The van der Waals surface area contributed by atoms with Crippen LogP contribution in [0.15, 0.2) is 5.10 Å². The first-order chi connectivity index (χ1) is 25.6. The molecule has 310 valence electrons. The Balaban J connectivity index is 3.56. The monoisotopic (exact) mass is 779 g/mol. The molecule has 0 aliphatic heterocycles. The molecule has 53 heavy (non-hydrogen) atoms. The van der Waals surface area contributed by atoms with E-state index >= 15 is 0 Å². The lowest BCUT2D eigenvalue weighted by Crippen LogP contribution is -2.33. The second-order valence-corrected chi connectivity index (χ2v) is 14.7. The van der Waals surface area contributed by atoms with E-state index in [0.29, 0.717) is 38.6 Å². The van der Waals surface area contributed by atoms with Gasteiger partial charge in [0.2, 0.25) is 27.7 Å². The van der Waals surface area contributed by atoms with Crippen molar-refractivity contribution in [2.24, 2.45) is 16.7 Å². The Kier molecular flexibility index (Phi) is 34.1. The summed E-state index contributed by atoms with van der Waals surface area (Å²) in [6, 6.07) is 0. The zero-order valence-electron chi connectivity index (χ0n) is 32.1. The van der Waals surface area contributed by atoms with Crippen molar-refractivity contribution in [1.82, 2.24) is 20.9 Å². The average molecular weight is 780 g/mol. The van der Waals surface area contributed by atoms with Gasteiger partial charge in [0, 0.05) is 32.4 Å². The van der Waals surface area contributed by atoms with Gasteiger partial charge in [-0.3, -0.25) is 23.9 Å². The first-order valence-electron chi connectivity index (χ1n) is 19.2. The minimum Gasteiger partial charge on any atom is -0.386 e. The van der Waals surface area contributed by atoms with Gasteiger partial charge in [0.25, 0.3) is 0 Å². The molecule has 0 aromatic rings. The van der Waals surface area contributed by atoms with E-state index in [0.717, 1.165) is 38.5 Å². The Morgan fingerprint density at radius 1 is 0.547 bits per heavy atom. The number of unbranched alkanes of at least 4 members (excludes halogenated alkanes) is 13. The number of Topliss-reactive ketones (excluding diaryl/α,β-unsaturated/α-hetero) is 1. The molecule has 0 aromatic heterocycles. The maximum Gasteiger partial charge on any atom is 0.246 e. The quantitative estimate of drug-likeness (QED) is 0.0172. The summed E-state index contributed by atoms with van der Waals surface area (Å²) in [6.45, 7) is 3.54. The predicted molar refractivity (Wildman–Crippen MR) is 204 cm³/mol. The summed E-state index contributed by atoms with van der Waals surface area (Å²) in [7, 11) is -3.79. The molecule has 8 N–H and O–H groups in total. The summed E-state index contributed by atoms with van der Waals surface area (Å²) in [6.07, 6.45) is 16.9. The molecule has 0 saturated carbocycles. The third kappa shape index (κ3) is 38.6. The van der Waals surface area contributed by atoms with Gasteiger partial charge < -0.3 is 35.3 Å². The number of nitrogens with zero attached hydrogens (tertiary/aromatic N) is 1. The van der Waals surface area contributed by atoms with Gasteiger partial charge in [-0.2, -0.15) is 5.10 Å². The maximum atomic E-state index is 12.2. The van der Waals surface area contributed by atoms with E-state index in [1.165, 1.54) is 58.3 Å². The van der Waals surface area contributed by atoms with Crippen molar-refractivity contribution in [2.45, 2.75) is 122 Å². The van der Waals surface area contributed by atoms with Crippen molar-refractivity contribution in [2.75, 3.05) is 71.7 Å². The van der Waals surface area contributed by atoms with Crippen LogP contribution in [0.4, 0.5) is 0 Å². The molecule has 0 rings (SSSR count). The van der Waals surface area contributed by atoms with Crippen molar-refractivity contribution in [1.29, 1.82) is 0 Å². The molecule has 0 heterocycles. The third-order valence-corrected chi connectivity index (χ3v) is 9.17. The molecule has 0 aliphatic carbocycles. The zero-order valence-corrected chi connectivity index (χ0v) is 32.9. The normalized spacial score (nSPS) is 11.7. The van der Waals surface area contributed by atoms with E-state index in [9.17, 15) is 27.6 Å². The second-order valence-electron chi connectivity index (χ2n) is 12.9. The van der Waals surface area contributed by atoms with Crippen molar-refractivity contribution in [3.63, 3.8) is 0 Å². The lowest BCUT2D eigenvalue weighted by Gasteiger charge is -2.09. The highest BCUT2D eigenvalue weighted by molar-refractivity contribution is 7.90. The molecule has 0 radical (unpaired) electrons. The third-order valence-electron chi connectivity index (χ3n) is 7.80. The van der Waals surface area contributed by atoms with Crippen molar-refractivity contribution >= 4 is 39.4 Å². The van der Waals surface area contributed by atoms with E-state index < -0.39 is 15.9 Å². The smallest absolute Gasteiger partial charge is 0.246 e. The molecular formula is C35H69N7O10S. The molecule has 0 spiro atoms. The van der Waals surface area contributed by atoms with Crippen LogP contribution in [0.25, 0.3) is 0 Å². The predicted octanol–water partition coefficient (Wildman–Crippen LogP) is 2.08. The van der Waals surface area contributed by atoms with Gasteiger partial charge in [0.05, 0.1) is 45.4 Å². The molecule has 17 nitrogen and oxygen atoms in total. The molecule has 0 unspecified atom stereocenters. The van der Waals surface area contributed by atoms with Gasteiger partial charge in [-0.15, -0.1) is 0 Å². The Morgan fingerprint density at radius 3 is 1.49 bits per heavy atom. The lowest BCUT2D eigenvalue weighted by atomic mass is 10.0. The molecular weight excluding hydrogens is 710 g/mol. The zero-order chi connectivity index (χ0) is 39.3. The number of sulfonamides is 1.